The molecule has 0 fully saturated rings. The number of aryl methyl sites for hydroxylation is 1. The lowest BCUT2D eigenvalue weighted by Gasteiger charge is -1.97. The number of carbonyl (C=O) groups excluding carboxylic acids is 1. The Morgan fingerprint density at radius 1 is 1.52 bits per heavy atom. The van der Waals surface area contributed by atoms with E-state index in [4.69, 9.17) is 11.6 Å². The van der Waals surface area contributed by atoms with Gasteiger partial charge < -0.3 is 0 Å². The minimum Gasteiger partial charge on any atom is -0.272 e. The van der Waals surface area contributed by atoms with E-state index in [0.717, 1.165) is 22.6 Å². The molecule has 0 radical (unpaired) electrons. The Bertz CT molecular complexity index is 1020. The summed E-state index contributed by atoms with van der Waals surface area (Å²) in [7, 11) is 1.81. The van der Waals surface area contributed by atoms with Crippen LogP contribution in [0.3, 0.4) is 0 Å². The van der Waals surface area contributed by atoms with E-state index in [9.17, 15) is 14.9 Å². The molecule has 0 aliphatic rings. The van der Waals surface area contributed by atoms with Crippen molar-refractivity contribution in [3.63, 3.8) is 0 Å². The largest absolute Gasteiger partial charge is 0.283 e. The molecular formula is C15H12ClN5O3S. The number of fused-ring (bicyclic) bond motifs is 1. The van der Waals surface area contributed by atoms with Gasteiger partial charge in [0.25, 0.3) is 11.6 Å². The van der Waals surface area contributed by atoms with Crippen LogP contribution in [0.15, 0.2) is 29.5 Å². The van der Waals surface area contributed by atoms with Gasteiger partial charge in [-0.2, -0.15) is 10.2 Å². The first kappa shape index (κ1) is 17.1. The molecule has 0 saturated heterocycles. The van der Waals surface area contributed by atoms with Crippen LogP contribution in [0.1, 0.15) is 20.9 Å². The van der Waals surface area contributed by atoms with E-state index in [2.05, 4.69) is 15.6 Å². The van der Waals surface area contributed by atoms with E-state index in [1.807, 2.05) is 6.92 Å². The van der Waals surface area contributed by atoms with Crippen molar-refractivity contribution in [3.8, 4) is 0 Å². The molecule has 2 aromatic heterocycles. The van der Waals surface area contributed by atoms with Gasteiger partial charge in [-0.05, 0) is 13.0 Å². The monoisotopic (exact) mass is 377 g/mol. The number of hydrazone groups is 1. The van der Waals surface area contributed by atoms with Crippen LogP contribution in [-0.2, 0) is 7.05 Å². The van der Waals surface area contributed by atoms with Gasteiger partial charge in [-0.25, -0.2) is 5.43 Å². The van der Waals surface area contributed by atoms with Gasteiger partial charge in [0.05, 0.1) is 22.4 Å². The number of nitro groups is 1. The van der Waals surface area contributed by atoms with Gasteiger partial charge in [-0.15, -0.1) is 11.3 Å². The first-order chi connectivity index (χ1) is 11.9. The summed E-state index contributed by atoms with van der Waals surface area (Å²) in [6.07, 6.45) is 3.13. The van der Waals surface area contributed by atoms with Gasteiger partial charge in [0.15, 0.2) is 0 Å². The van der Waals surface area contributed by atoms with Gasteiger partial charge in [-0.1, -0.05) is 11.6 Å². The second-order valence-electron chi connectivity index (χ2n) is 5.19. The third kappa shape index (κ3) is 3.24. The quantitative estimate of drug-likeness (QED) is 0.428. The number of halogens is 1. The molecule has 0 aliphatic heterocycles. The van der Waals surface area contributed by atoms with Crippen molar-refractivity contribution >= 4 is 50.8 Å². The van der Waals surface area contributed by atoms with E-state index < -0.39 is 10.8 Å². The maximum atomic E-state index is 12.3. The van der Waals surface area contributed by atoms with Crippen LogP contribution in [-0.4, -0.2) is 26.8 Å². The van der Waals surface area contributed by atoms with E-state index in [-0.39, 0.29) is 15.6 Å². The number of benzene rings is 1. The Balaban J connectivity index is 1.83. The predicted octanol–water partition coefficient (Wildman–Crippen LogP) is 3.27. The maximum Gasteiger partial charge on any atom is 0.283 e. The molecule has 10 heteroatoms. The molecule has 2 heterocycles. The molecular weight excluding hydrogens is 366 g/mol. The van der Waals surface area contributed by atoms with Gasteiger partial charge >= 0.3 is 0 Å². The average molecular weight is 378 g/mol. The number of rotatable bonds is 4. The number of hydrogen-bond donors (Lipinski definition) is 1. The molecule has 8 nitrogen and oxygen atoms in total. The third-order valence-electron chi connectivity index (χ3n) is 3.67. The second kappa shape index (κ2) is 6.61. The van der Waals surface area contributed by atoms with Crippen LogP contribution in [0, 0.1) is 17.0 Å². The van der Waals surface area contributed by atoms with Gasteiger partial charge in [0.2, 0.25) is 0 Å². The number of aromatic nitrogens is 2. The molecule has 25 heavy (non-hydrogen) atoms. The van der Waals surface area contributed by atoms with Crippen molar-refractivity contribution in [1.29, 1.82) is 0 Å². The lowest BCUT2D eigenvalue weighted by atomic mass is 10.2. The molecule has 0 spiro atoms. The number of amides is 1. The summed E-state index contributed by atoms with van der Waals surface area (Å²) in [6, 6.07) is 4.28. The molecule has 3 aromatic rings. The number of nitrogens with one attached hydrogen (secondary N) is 1. The predicted molar refractivity (Wildman–Crippen MR) is 96.5 cm³/mol. The average Bonchev–Trinajstić information content (AvgIpc) is 3.08. The van der Waals surface area contributed by atoms with E-state index in [1.165, 1.54) is 24.4 Å². The third-order valence-corrected chi connectivity index (χ3v) is 5.33. The van der Waals surface area contributed by atoms with E-state index in [0.29, 0.717) is 10.1 Å². The summed E-state index contributed by atoms with van der Waals surface area (Å²) in [4.78, 5) is 22.9. The van der Waals surface area contributed by atoms with Crippen molar-refractivity contribution in [1.82, 2.24) is 15.2 Å². The van der Waals surface area contributed by atoms with Crippen LogP contribution in [0.5, 0.6) is 0 Å². The van der Waals surface area contributed by atoms with Gasteiger partial charge in [0, 0.05) is 40.5 Å². The lowest BCUT2D eigenvalue weighted by Crippen LogP contribution is -2.16. The number of carbonyl (C=O) groups is 1. The molecule has 1 aromatic carbocycles. The number of nitrogens with zero attached hydrogens (tertiary/aromatic N) is 4. The SMILES string of the molecule is Cc1c(/C=N/NC(=O)c2sc3cc([N+](=O)[O-])ccc3c2Cl)cnn1C. The molecule has 0 unspecified atom stereocenters. The van der Waals surface area contributed by atoms with Crippen LogP contribution in [0.4, 0.5) is 5.69 Å². The highest BCUT2D eigenvalue weighted by Gasteiger charge is 2.18. The van der Waals surface area contributed by atoms with Crippen molar-refractivity contribution in [2.45, 2.75) is 6.92 Å². The molecule has 1 amide bonds. The zero-order valence-corrected chi connectivity index (χ0v) is 14.8. The first-order valence-corrected chi connectivity index (χ1v) is 8.26. The molecule has 3 rings (SSSR count). The van der Waals surface area contributed by atoms with E-state index in [1.54, 1.807) is 17.9 Å². The molecule has 0 bridgehead atoms. The standard InChI is InChI=1S/C15H12ClN5O3S/c1-8-9(7-18-20(8)2)6-17-19-15(22)14-13(16)11-4-3-10(21(23)24)5-12(11)25-14/h3-7H,1-2H3,(H,19,22)/b17-6+. The highest BCUT2D eigenvalue weighted by Crippen LogP contribution is 2.37. The van der Waals surface area contributed by atoms with Crippen molar-refractivity contribution < 1.29 is 9.72 Å². The maximum absolute atomic E-state index is 12.3. The first-order valence-electron chi connectivity index (χ1n) is 7.07. The molecule has 0 atom stereocenters. The smallest absolute Gasteiger partial charge is 0.272 e. The number of hydrogen-bond acceptors (Lipinski definition) is 6. The summed E-state index contributed by atoms with van der Waals surface area (Å²) >= 11 is 7.30. The summed E-state index contributed by atoms with van der Waals surface area (Å²) in [5, 5.41) is 19.7. The normalized spacial score (nSPS) is 11.3. The Morgan fingerprint density at radius 3 is 2.92 bits per heavy atom. The lowest BCUT2D eigenvalue weighted by molar-refractivity contribution is -0.384. The number of nitro benzene ring substituents is 1. The van der Waals surface area contributed by atoms with Crippen LogP contribution < -0.4 is 5.43 Å². The van der Waals surface area contributed by atoms with E-state index >= 15 is 0 Å². The highest BCUT2D eigenvalue weighted by molar-refractivity contribution is 7.21. The van der Waals surface area contributed by atoms with Crippen molar-refractivity contribution in [2.24, 2.45) is 12.1 Å². The van der Waals surface area contributed by atoms with Gasteiger partial charge in [0.1, 0.15) is 4.88 Å². The Morgan fingerprint density at radius 2 is 2.28 bits per heavy atom. The molecule has 0 saturated carbocycles. The topological polar surface area (TPSA) is 102 Å². The zero-order chi connectivity index (χ0) is 18.1. The number of non-ortho nitro benzene ring substituents is 1. The molecule has 0 aliphatic carbocycles. The van der Waals surface area contributed by atoms with Gasteiger partial charge in [-0.3, -0.25) is 19.6 Å². The fourth-order valence-corrected chi connectivity index (χ4v) is 3.61. The summed E-state index contributed by atoms with van der Waals surface area (Å²) < 4.78 is 2.26. The zero-order valence-electron chi connectivity index (χ0n) is 13.2. The van der Waals surface area contributed by atoms with Crippen LogP contribution in [0.2, 0.25) is 5.02 Å². The Hall–Kier alpha value is -2.78. The van der Waals surface area contributed by atoms with Crippen LogP contribution >= 0.6 is 22.9 Å². The Kier molecular flexibility index (Phi) is 4.51. The summed E-state index contributed by atoms with van der Waals surface area (Å²) in [5.41, 5.74) is 4.04. The number of thiophene rings is 1. The fourth-order valence-electron chi connectivity index (χ4n) is 2.17. The molecule has 128 valence electrons. The highest BCUT2D eigenvalue weighted by atomic mass is 35.5. The Labute approximate surface area is 150 Å². The van der Waals surface area contributed by atoms with Crippen molar-refractivity contribution in [2.75, 3.05) is 0 Å². The van der Waals surface area contributed by atoms with Crippen LogP contribution in [0.25, 0.3) is 10.1 Å². The summed E-state index contributed by atoms with van der Waals surface area (Å²) in [6.45, 7) is 1.88. The minimum absolute atomic E-state index is 0.0533. The summed E-state index contributed by atoms with van der Waals surface area (Å²) in [5.74, 6) is -0.480. The van der Waals surface area contributed by atoms with Crippen molar-refractivity contribution in [3.05, 3.63) is 55.7 Å². The molecule has 1 N–H and O–H groups in total. The fraction of sp³-hybridized carbons (Fsp3) is 0.133. The minimum atomic E-state index is -0.493. The second-order valence-corrected chi connectivity index (χ2v) is 6.62.